The van der Waals surface area contributed by atoms with Gasteiger partial charge in [0.05, 0.1) is 18.5 Å². The minimum atomic E-state index is 0.0430. The third-order valence-electron chi connectivity index (χ3n) is 2.73. The van der Waals surface area contributed by atoms with Gasteiger partial charge in [-0.2, -0.15) is 0 Å². The molecule has 4 nitrogen and oxygen atoms in total. The molecule has 1 rings (SSSR count). The number of nitrogens with one attached hydrogen (secondary N) is 1. The van der Waals surface area contributed by atoms with Crippen molar-refractivity contribution >= 4 is 0 Å². The third-order valence-corrected chi connectivity index (χ3v) is 2.73. The lowest BCUT2D eigenvalue weighted by Crippen LogP contribution is -2.35. The highest BCUT2D eigenvalue weighted by molar-refractivity contribution is 5.25. The predicted octanol–water partition coefficient (Wildman–Crippen LogP) is 3.44. The van der Waals surface area contributed by atoms with E-state index in [0.717, 1.165) is 23.7 Å². The topological polar surface area (TPSA) is 47.0 Å². The molecule has 1 heterocycles. The molecule has 0 unspecified atom stereocenters. The maximum absolute atomic E-state index is 5.74. The molecule has 0 aromatic carbocycles. The summed E-state index contributed by atoms with van der Waals surface area (Å²) >= 11 is 0. The Labute approximate surface area is 122 Å². The summed E-state index contributed by atoms with van der Waals surface area (Å²) in [5.41, 5.74) is 0.962. The van der Waals surface area contributed by atoms with Gasteiger partial charge in [-0.3, -0.25) is 0 Å². The van der Waals surface area contributed by atoms with Crippen LogP contribution in [-0.2, 0) is 6.54 Å². The fourth-order valence-corrected chi connectivity index (χ4v) is 1.55. The van der Waals surface area contributed by atoms with Crippen molar-refractivity contribution < 1.29 is 4.74 Å². The summed E-state index contributed by atoms with van der Waals surface area (Å²) in [6, 6.07) is 0. The second-order valence-electron chi connectivity index (χ2n) is 6.22. The summed E-state index contributed by atoms with van der Waals surface area (Å²) in [6.45, 7) is 15.6. The van der Waals surface area contributed by atoms with Crippen LogP contribution in [0.3, 0.4) is 0 Å². The Hall–Kier alpha value is -1.42. The van der Waals surface area contributed by atoms with Gasteiger partial charge in [-0.15, -0.1) is 6.58 Å². The van der Waals surface area contributed by atoms with Crippen molar-refractivity contribution in [3.8, 4) is 5.75 Å². The summed E-state index contributed by atoms with van der Waals surface area (Å²) in [5.74, 6) is 1.92. The summed E-state index contributed by atoms with van der Waals surface area (Å²) in [4.78, 5) is 9.00. The van der Waals surface area contributed by atoms with E-state index in [9.17, 15) is 0 Å². The lowest BCUT2D eigenvalue weighted by Gasteiger charge is -2.21. The molecule has 0 spiro atoms. The Kier molecular flexibility index (Phi) is 6.14. The minimum Gasteiger partial charge on any atom is -0.490 e. The van der Waals surface area contributed by atoms with Crippen molar-refractivity contribution in [2.24, 2.45) is 0 Å². The van der Waals surface area contributed by atoms with Crippen LogP contribution < -0.4 is 10.1 Å². The highest BCUT2D eigenvalue weighted by Crippen LogP contribution is 2.19. The Morgan fingerprint density at radius 1 is 1.40 bits per heavy atom. The highest BCUT2D eigenvalue weighted by atomic mass is 16.5. The van der Waals surface area contributed by atoms with E-state index in [-0.39, 0.29) is 5.54 Å². The molecule has 20 heavy (non-hydrogen) atoms. The molecule has 1 aromatic heterocycles. The summed E-state index contributed by atoms with van der Waals surface area (Å²) < 4.78 is 5.74. The van der Waals surface area contributed by atoms with Gasteiger partial charge in [-0.05, 0) is 27.2 Å². The SMILES string of the molecule is C=CCCOc1cnc(C(C)C)nc1CNC(C)(C)C. The fourth-order valence-electron chi connectivity index (χ4n) is 1.55. The first-order valence-corrected chi connectivity index (χ1v) is 7.18. The Morgan fingerprint density at radius 3 is 2.65 bits per heavy atom. The number of aromatic nitrogens is 2. The molecule has 4 heteroatoms. The van der Waals surface area contributed by atoms with E-state index in [1.165, 1.54) is 0 Å². The van der Waals surface area contributed by atoms with Crippen LogP contribution in [0.2, 0.25) is 0 Å². The number of hydrogen-bond donors (Lipinski definition) is 1. The fraction of sp³-hybridized carbons (Fsp3) is 0.625. The van der Waals surface area contributed by atoms with Crippen molar-refractivity contribution in [3.05, 3.63) is 30.4 Å². The molecule has 1 aromatic rings. The lowest BCUT2D eigenvalue weighted by atomic mass is 10.1. The zero-order valence-electron chi connectivity index (χ0n) is 13.4. The molecular weight excluding hydrogens is 250 g/mol. The van der Waals surface area contributed by atoms with E-state index >= 15 is 0 Å². The molecule has 1 N–H and O–H groups in total. The molecule has 0 aliphatic heterocycles. The molecule has 0 aliphatic carbocycles. The van der Waals surface area contributed by atoms with Crippen molar-refractivity contribution in [1.29, 1.82) is 0 Å². The maximum Gasteiger partial charge on any atom is 0.160 e. The first-order chi connectivity index (χ1) is 9.33. The molecule has 0 amide bonds. The van der Waals surface area contributed by atoms with Crippen LogP contribution >= 0.6 is 0 Å². The van der Waals surface area contributed by atoms with Gasteiger partial charge in [0.2, 0.25) is 0 Å². The molecule has 0 saturated heterocycles. The van der Waals surface area contributed by atoms with Crippen LogP contribution in [0.1, 0.15) is 58.5 Å². The Bertz CT molecular complexity index is 436. The van der Waals surface area contributed by atoms with Crippen molar-refractivity contribution in [3.63, 3.8) is 0 Å². The average molecular weight is 277 g/mol. The Balaban J connectivity index is 2.88. The molecule has 0 bridgehead atoms. The number of hydrogen-bond acceptors (Lipinski definition) is 4. The largest absolute Gasteiger partial charge is 0.490 e. The molecule has 0 aliphatic rings. The zero-order valence-corrected chi connectivity index (χ0v) is 13.4. The number of ether oxygens (including phenoxy) is 1. The molecule has 112 valence electrons. The van der Waals surface area contributed by atoms with Gasteiger partial charge < -0.3 is 10.1 Å². The monoisotopic (exact) mass is 277 g/mol. The van der Waals surface area contributed by atoms with Crippen LogP contribution in [0.4, 0.5) is 0 Å². The zero-order chi connectivity index (χ0) is 15.2. The second kappa shape index (κ2) is 7.39. The smallest absolute Gasteiger partial charge is 0.160 e. The molecular formula is C16H27N3O. The lowest BCUT2D eigenvalue weighted by molar-refractivity contribution is 0.313. The van der Waals surface area contributed by atoms with Crippen LogP contribution in [0.15, 0.2) is 18.9 Å². The van der Waals surface area contributed by atoms with Crippen LogP contribution in [0, 0.1) is 0 Å². The molecule has 0 fully saturated rings. The number of rotatable bonds is 7. The van der Waals surface area contributed by atoms with E-state index in [4.69, 9.17) is 4.74 Å². The van der Waals surface area contributed by atoms with Gasteiger partial charge in [-0.1, -0.05) is 19.9 Å². The van der Waals surface area contributed by atoms with E-state index in [1.807, 2.05) is 6.08 Å². The first kappa shape index (κ1) is 16.6. The second-order valence-corrected chi connectivity index (χ2v) is 6.22. The summed E-state index contributed by atoms with van der Waals surface area (Å²) in [5, 5.41) is 3.44. The van der Waals surface area contributed by atoms with Crippen molar-refractivity contribution in [1.82, 2.24) is 15.3 Å². The van der Waals surface area contributed by atoms with Crippen LogP contribution in [-0.4, -0.2) is 22.1 Å². The molecule has 0 atom stereocenters. The van der Waals surface area contributed by atoms with E-state index in [2.05, 4.69) is 56.5 Å². The van der Waals surface area contributed by atoms with Gasteiger partial charge in [0.15, 0.2) is 5.75 Å². The minimum absolute atomic E-state index is 0.0430. The first-order valence-electron chi connectivity index (χ1n) is 7.18. The maximum atomic E-state index is 5.74. The normalized spacial score (nSPS) is 11.7. The highest BCUT2D eigenvalue weighted by Gasteiger charge is 2.14. The van der Waals surface area contributed by atoms with E-state index < -0.39 is 0 Å². The van der Waals surface area contributed by atoms with E-state index in [1.54, 1.807) is 6.20 Å². The third kappa shape index (κ3) is 5.70. The van der Waals surface area contributed by atoms with Gasteiger partial charge in [0.25, 0.3) is 0 Å². The van der Waals surface area contributed by atoms with Crippen molar-refractivity contribution in [2.45, 2.75) is 59.0 Å². The van der Waals surface area contributed by atoms with E-state index in [0.29, 0.717) is 19.1 Å². The standard InChI is InChI=1S/C16H27N3O/c1-7-8-9-20-14-11-17-15(12(2)3)19-13(14)10-18-16(4,5)6/h7,11-12,18H,1,8-10H2,2-6H3. The summed E-state index contributed by atoms with van der Waals surface area (Å²) in [7, 11) is 0. The number of nitrogens with zero attached hydrogens (tertiary/aromatic N) is 2. The van der Waals surface area contributed by atoms with Gasteiger partial charge in [-0.25, -0.2) is 9.97 Å². The average Bonchev–Trinajstić information content (AvgIpc) is 2.36. The van der Waals surface area contributed by atoms with Gasteiger partial charge in [0.1, 0.15) is 5.82 Å². The van der Waals surface area contributed by atoms with Crippen LogP contribution in [0.5, 0.6) is 5.75 Å². The van der Waals surface area contributed by atoms with Gasteiger partial charge in [0, 0.05) is 18.0 Å². The molecule has 0 radical (unpaired) electrons. The quantitative estimate of drug-likeness (QED) is 0.612. The van der Waals surface area contributed by atoms with Crippen LogP contribution in [0.25, 0.3) is 0 Å². The van der Waals surface area contributed by atoms with Crippen molar-refractivity contribution in [2.75, 3.05) is 6.61 Å². The van der Waals surface area contributed by atoms with Gasteiger partial charge >= 0.3 is 0 Å². The molecule has 0 saturated carbocycles. The Morgan fingerprint density at radius 2 is 2.10 bits per heavy atom. The summed E-state index contributed by atoms with van der Waals surface area (Å²) in [6.07, 6.45) is 4.44. The predicted molar refractivity (Wildman–Crippen MR) is 83.0 cm³/mol.